The lowest BCUT2D eigenvalue weighted by Gasteiger charge is -2.12. The highest BCUT2D eigenvalue weighted by atomic mass is 79.9. The lowest BCUT2D eigenvalue weighted by molar-refractivity contribution is 0.0924. The molecule has 1 amide bonds. The molecule has 0 spiro atoms. The molecule has 0 aromatic heterocycles. The average Bonchev–Trinajstić information content (AvgIpc) is 2.38. The van der Waals surface area contributed by atoms with Gasteiger partial charge in [0.05, 0.1) is 13.2 Å². The summed E-state index contributed by atoms with van der Waals surface area (Å²) in [5, 5.41) is 3.63. The second-order valence-corrected chi connectivity index (χ2v) is 4.79. The van der Waals surface area contributed by atoms with Crippen molar-refractivity contribution >= 4 is 27.5 Å². The van der Waals surface area contributed by atoms with Crippen LogP contribution in [-0.4, -0.2) is 45.1 Å². The molecule has 0 radical (unpaired) electrons. The quantitative estimate of drug-likeness (QED) is 0.617. The van der Waals surface area contributed by atoms with Crippen LogP contribution in [0.3, 0.4) is 0 Å². The molecular formula is C13H19BrN2O2. The predicted octanol–water partition coefficient (Wildman–Crippen LogP) is 1.89. The zero-order valence-electron chi connectivity index (χ0n) is 10.8. The van der Waals surface area contributed by atoms with E-state index in [0.717, 1.165) is 11.0 Å². The van der Waals surface area contributed by atoms with Crippen LogP contribution in [0.4, 0.5) is 5.69 Å². The molecule has 100 valence electrons. The molecule has 1 N–H and O–H groups in total. The van der Waals surface area contributed by atoms with E-state index in [0.29, 0.717) is 25.3 Å². The Kier molecular flexibility index (Phi) is 6.75. The fourth-order valence-corrected chi connectivity index (χ4v) is 1.64. The number of rotatable bonds is 7. The molecule has 0 saturated carbocycles. The minimum atomic E-state index is -0.0669. The number of carbonyl (C=O) groups excluding carboxylic acids is 1. The molecule has 5 heteroatoms. The van der Waals surface area contributed by atoms with Crippen LogP contribution in [0.5, 0.6) is 0 Å². The van der Waals surface area contributed by atoms with Gasteiger partial charge in [0.15, 0.2) is 0 Å². The van der Waals surface area contributed by atoms with Gasteiger partial charge in [-0.2, -0.15) is 0 Å². The number of carbonyl (C=O) groups is 1. The number of benzene rings is 1. The summed E-state index contributed by atoms with van der Waals surface area (Å²) in [5.41, 5.74) is 1.74. The number of hydrogen-bond acceptors (Lipinski definition) is 3. The van der Waals surface area contributed by atoms with Gasteiger partial charge in [0, 0.05) is 37.2 Å². The van der Waals surface area contributed by atoms with Gasteiger partial charge < -0.3 is 15.0 Å². The molecule has 0 aliphatic heterocycles. The van der Waals surface area contributed by atoms with Gasteiger partial charge >= 0.3 is 0 Å². The Morgan fingerprint density at radius 3 is 2.50 bits per heavy atom. The number of hydrogen-bond donors (Lipinski definition) is 1. The van der Waals surface area contributed by atoms with Crippen molar-refractivity contribution < 1.29 is 9.53 Å². The molecule has 0 bridgehead atoms. The number of ether oxygens (including phenoxy) is 1. The van der Waals surface area contributed by atoms with Gasteiger partial charge in [0.2, 0.25) is 0 Å². The van der Waals surface area contributed by atoms with Crippen LogP contribution in [0.2, 0.25) is 0 Å². The lowest BCUT2D eigenvalue weighted by Crippen LogP contribution is -2.27. The molecule has 1 aromatic carbocycles. The highest BCUT2D eigenvalue weighted by Crippen LogP contribution is 2.11. The number of anilines is 1. The van der Waals surface area contributed by atoms with Gasteiger partial charge in [-0.15, -0.1) is 0 Å². The Hall–Kier alpha value is -1.07. The van der Waals surface area contributed by atoms with Crippen molar-refractivity contribution in [3.8, 4) is 0 Å². The second-order valence-electron chi connectivity index (χ2n) is 4.00. The minimum absolute atomic E-state index is 0.0669. The number of amides is 1. The highest BCUT2D eigenvalue weighted by Gasteiger charge is 2.04. The molecule has 4 nitrogen and oxygen atoms in total. The van der Waals surface area contributed by atoms with E-state index in [2.05, 4.69) is 21.2 Å². The summed E-state index contributed by atoms with van der Waals surface area (Å²) < 4.78 is 5.25. The molecule has 0 atom stereocenters. The Morgan fingerprint density at radius 2 is 1.94 bits per heavy atom. The van der Waals surface area contributed by atoms with E-state index in [9.17, 15) is 4.79 Å². The zero-order valence-corrected chi connectivity index (χ0v) is 12.4. The third kappa shape index (κ3) is 5.06. The first-order valence-corrected chi connectivity index (χ1v) is 6.96. The number of halogens is 1. The van der Waals surface area contributed by atoms with Crippen LogP contribution >= 0.6 is 15.9 Å². The monoisotopic (exact) mass is 314 g/mol. The lowest BCUT2D eigenvalue weighted by atomic mass is 10.2. The Labute approximate surface area is 116 Å². The van der Waals surface area contributed by atoms with Crippen molar-refractivity contribution in [2.24, 2.45) is 0 Å². The molecule has 1 rings (SSSR count). The maximum atomic E-state index is 11.8. The topological polar surface area (TPSA) is 41.6 Å². The highest BCUT2D eigenvalue weighted by molar-refractivity contribution is 9.09. The average molecular weight is 315 g/mol. The van der Waals surface area contributed by atoms with Crippen molar-refractivity contribution in [1.29, 1.82) is 0 Å². The maximum Gasteiger partial charge on any atom is 0.251 e. The van der Waals surface area contributed by atoms with E-state index < -0.39 is 0 Å². The van der Waals surface area contributed by atoms with E-state index in [1.165, 1.54) is 0 Å². The van der Waals surface area contributed by atoms with Crippen molar-refractivity contribution in [3.05, 3.63) is 29.8 Å². The van der Waals surface area contributed by atoms with E-state index in [4.69, 9.17) is 4.74 Å². The van der Waals surface area contributed by atoms with Crippen molar-refractivity contribution in [3.63, 3.8) is 0 Å². The van der Waals surface area contributed by atoms with Gasteiger partial charge in [-0.1, -0.05) is 15.9 Å². The Bertz CT molecular complexity index is 366. The molecule has 0 aliphatic rings. The molecule has 18 heavy (non-hydrogen) atoms. The fourth-order valence-electron chi connectivity index (χ4n) is 1.41. The van der Waals surface area contributed by atoms with Crippen LogP contribution in [0.1, 0.15) is 10.4 Å². The van der Waals surface area contributed by atoms with Crippen LogP contribution in [0.15, 0.2) is 24.3 Å². The Balaban J connectivity index is 2.37. The van der Waals surface area contributed by atoms with E-state index in [-0.39, 0.29) is 5.91 Å². The van der Waals surface area contributed by atoms with Gasteiger partial charge in [-0.3, -0.25) is 4.79 Å². The van der Waals surface area contributed by atoms with E-state index in [1.54, 1.807) is 0 Å². The first-order chi connectivity index (χ1) is 8.65. The number of nitrogens with one attached hydrogen (secondary N) is 1. The van der Waals surface area contributed by atoms with Gasteiger partial charge in [0.1, 0.15) is 0 Å². The first kappa shape index (κ1) is 15.0. The molecule has 0 aliphatic carbocycles. The Morgan fingerprint density at radius 1 is 1.28 bits per heavy atom. The number of alkyl halides is 1. The molecule has 0 heterocycles. The molecule has 1 aromatic rings. The summed E-state index contributed by atoms with van der Waals surface area (Å²) in [6.07, 6.45) is 0. The second kappa shape index (κ2) is 8.11. The van der Waals surface area contributed by atoms with E-state index in [1.807, 2.05) is 43.3 Å². The molecular weight excluding hydrogens is 296 g/mol. The van der Waals surface area contributed by atoms with Crippen LogP contribution < -0.4 is 10.2 Å². The van der Waals surface area contributed by atoms with Crippen LogP contribution in [0, 0.1) is 0 Å². The first-order valence-electron chi connectivity index (χ1n) is 5.84. The normalized spacial score (nSPS) is 10.2. The third-order valence-electron chi connectivity index (χ3n) is 2.40. The number of nitrogens with zero attached hydrogens (tertiary/aromatic N) is 1. The van der Waals surface area contributed by atoms with Crippen molar-refractivity contribution in [1.82, 2.24) is 5.32 Å². The molecule has 0 saturated heterocycles. The summed E-state index contributed by atoms with van der Waals surface area (Å²) in [7, 11) is 3.94. The molecule has 0 fully saturated rings. The molecule has 0 unspecified atom stereocenters. The van der Waals surface area contributed by atoms with Crippen LogP contribution in [-0.2, 0) is 4.74 Å². The minimum Gasteiger partial charge on any atom is -0.379 e. The van der Waals surface area contributed by atoms with Crippen LogP contribution in [0.25, 0.3) is 0 Å². The third-order valence-corrected chi connectivity index (χ3v) is 2.72. The van der Waals surface area contributed by atoms with Gasteiger partial charge in [0.25, 0.3) is 5.91 Å². The van der Waals surface area contributed by atoms with Gasteiger partial charge in [-0.25, -0.2) is 0 Å². The predicted molar refractivity (Wildman–Crippen MR) is 77.7 cm³/mol. The smallest absolute Gasteiger partial charge is 0.251 e. The summed E-state index contributed by atoms with van der Waals surface area (Å²) in [5.74, 6) is -0.0669. The SMILES string of the molecule is CN(C)c1ccc(C(=O)NCCOCCBr)cc1. The zero-order chi connectivity index (χ0) is 13.4. The van der Waals surface area contributed by atoms with Gasteiger partial charge in [-0.05, 0) is 24.3 Å². The summed E-state index contributed by atoms with van der Waals surface area (Å²) in [6, 6.07) is 7.50. The van der Waals surface area contributed by atoms with E-state index >= 15 is 0 Å². The maximum absolute atomic E-state index is 11.8. The largest absolute Gasteiger partial charge is 0.379 e. The fraction of sp³-hybridized carbons (Fsp3) is 0.462. The standard InChI is InChI=1S/C13H19BrN2O2/c1-16(2)12-5-3-11(4-6-12)13(17)15-8-10-18-9-7-14/h3-6H,7-10H2,1-2H3,(H,15,17). The summed E-state index contributed by atoms with van der Waals surface area (Å²) in [6.45, 7) is 1.72. The van der Waals surface area contributed by atoms with Crippen molar-refractivity contribution in [2.75, 3.05) is 44.1 Å². The van der Waals surface area contributed by atoms with Crippen molar-refractivity contribution in [2.45, 2.75) is 0 Å². The summed E-state index contributed by atoms with van der Waals surface area (Å²) in [4.78, 5) is 13.8. The summed E-state index contributed by atoms with van der Waals surface area (Å²) >= 11 is 3.27.